The lowest BCUT2D eigenvalue weighted by Crippen LogP contribution is -2.48. The van der Waals surface area contributed by atoms with E-state index in [0.29, 0.717) is 26.4 Å². The van der Waals surface area contributed by atoms with Gasteiger partial charge < -0.3 is 10.1 Å². The molecule has 2 N–H and O–H groups in total. The number of nitrogens with one attached hydrogen (secondary N) is 2. The highest BCUT2D eigenvalue weighted by molar-refractivity contribution is 9.10. The zero-order chi connectivity index (χ0) is 18.9. The Kier molecular flexibility index (Phi) is 4.69. The molecule has 1 atom stereocenters. The van der Waals surface area contributed by atoms with Crippen LogP contribution in [0.1, 0.15) is 22.8 Å². The number of carbonyl (C=O) groups is 3. The number of imide groups is 1. The summed E-state index contributed by atoms with van der Waals surface area (Å²) in [5.74, 6) is -0.603. The molecule has 2 aromatic rings. The Morgan fingerprint density at radius 2 is 1.92 bits per heavy atom. The Bertz CT molecular complexity index is 902. The van der Waals surface area contributed by atoms with Gasteiger partial charge >= 0.3 is 6.03 Å². The summed E-state index contributed by atoms with van der Waals surface area (Å²) in [6.45, 7) is 1.58. The second kappa shape index (κ2) is 6.80. The van der Waals surface area contributed by atoms with E-state index in [1.54, 1.807) is 55.5 Å². The third-order valence-corrected chi connectivity index (χ3v) is 4.86. The van der Waals surface area contributed by atoms with Gasteiger partial charge in [0.15, 0.2) is 0 Å². The van der Waals surface area contributed by atoms with Gasteiger partial charge in [-0.1, -0.05) is 24.3 Å². The van der Waals surface area contributed by atoms with Crippen LogP contribution in [-0.4, -0.2) is 30.0 Å². The van der Waals surface area contributed by atoms with E-state index in [1.165, 1.54) is 7.11 Å². The molecule has 8 heteroatoms. The zero-order valence-corrected chi connectivity index (χ0v) is 15.7. The maximum atomic E-state index is 12.9. The van der Waals surface area contributed by atoms with E-state index < -0.39 is 23.4 Å². The number of ether oxygens (including phenoxy) is 1. The van der Waals surface area contributed by atoms with Crippen molar-refractivity contribution in [2.24, 2.45) is 0 Å². The van der Waals surface area contributed by atoms with Crippen molar-refractivity contribution in [3.63, 3.8) is 0 Å². The summed E-state index contributed by atoms with van der Waals surface area (Å²) in [4.78, 5) is 37.6. The Balaban J connectivity index is 1.87. The lowest BCUT2D eigenvalue weighted by Gasteiger charge is -2.22. The quantitative estimate of drug-likeness (QED) is 0.748. The van der Waals surface area contributed by atoms with Crippen molar-refractivity contribution in [1.29, 1.82) is 0 Å². The molecule has 4 amide bonds. The smallest absolute Gasteiger partial charge is 0.344 e. The molecular weight excluding hydrogens is 402 g/mol. The minimum absolute atomic E-state index is 0.308. The Hall–Kier alpha value is -2.87. The van der Waals surface area contributed by atoms with Crippen molar-refractivity contribution in [2.45, 2.75) is 12.5 Å². The summed E-state index contributed by atoms with van der Waals surface area (Å²) in [6, 6.07) is 12.8. The second-order valence-corrected chi connectivity index (χ2v) is 6.70. The van der Waals surface area contributed by atoms with Gasteiger partial charge in [-0.05, 0) is 52.7 Å². The van der Waals surface area contributed by atoms with Crippen LogP contribution in [0, 0.1) is 0 Å². The summed E-state index contributed by atoms with van der Waals surface area (Å²) in [6.07, 6.45) is 0. The fourth-order valence-electron chi connectivity index (χ4n) is 2.68. The van der Waals surface area contributed by atoms with Crippen molar-refractivity contribution in [3.05, 3.63) is 64.1 Å². The van der Waals surface area contributed by atoms with Crippen molar-refractivity contribution >= 4 is 33.8 Å². The summed E-state index contributed by atoms with van der Waals surface area (Å²) >= 11 is 3.27. The molecule has 134 valence electrons. The molecule has 0 saturated carbocycles. The molecular formula is C18H16BrN3O4. The standard InChI is InChI=1S/C18H16BrN3O4/c1-18(11-6-5-7-12(10-11)26-2)16(24)22(17(25)20-18)21-15(23)13-8-3-4-9-14(13)19/h3-10H,1-2H3,(H,20,25)(H,21,23). The minimum atomic E-state index is -1.31. The number of urea groups is 1. The third-order valence-electron chi connectivity index (χ3n) is 4.17. The molecule has 3 rings (SSSR count). The van der Waals surface area contributed by atoms with E-state index >= 15 is 0 Å². The van der Waals surface area contributed by atoms with Crippen LogP contribution in [0.25, 0.3) is 0 Å². The Morgan fingerprint density at radius 1 is 1.19 bits per heavy atom. The maximum absolute atomic E-state index is 12.9. The monoisotopic (exact) mass is 417 g/mol. The second-order valence-electron chi connectivity index (χ2n) is 5.85. The topological polar surface area (TPSA) is 87.7 Å². The number of rotatable bonds is 4. The number of hydrogen-bond acceptors (Lipinski definition) is 4. The number of hydrogen-bond donors (Lipinski definition) is 2. The molecule has 0 aliphatic carbocycles. The van der Waals surface area contributed by atoms with Gasteiger partial charge in [-0.15, -0.1) is 0 Å². The molecule has 7 nitrogen and oxygen atoms in total. The number of nitrogens with zero attached hydrogens (tertiary/aromatic N) is 1. The highest BCUT2D eigenvalue weighted by Gasteiger charge is 2.50. The number of methoxy groups -OCH3 is 1. The fraction of sp³-hybridized carbons (Fsp3) is 0.167. The minimum Gasteiger partial charge on any atom is -0.497 e. The van der Waals surface area contributed by atoms with E-state index in [2.05, 4.69) is 26.7 Å². The number of amides is 4. The van der Waals surface area contributed by atoms with Crippen LogP contribution in [0.3, 0.4) is 0 Å². The van der Waals surface area contributed by atoms with E-state index in [1.807, 2.05) is 0 Å². The molecule has 0 bridgehead atoms. The highest BCUT2D eigenvalue weighted by atomic mass is 79.9. The first kappa shape index (κ1) is 17.9. The van der Waals surface area contributed by atoms with Gasteiger partial charge in [0.05, 0.1) is 12.7 Å². The fourth-order valence-corrected chi connectivity index (χ4v) is 3.14. The molecule has 0 aromatic heterocycles. The SMILES string of the molecule is COc1cccc(C2(C)NC(=O)N(NC(=O)c3ccccc3Br)C2=O)c1. The molecule has 1 unspecified atom stereocenters. The van der Waals surface area contributed by atoms with Crippen molar-refractivity contribution in [1.82, 2.24) is 15.8 Å². The van der Waals surface area contributed by atoms with Gasteiger partial charge in [-0.3, -0.25) is 15.0 Å². The molecule has 1 aliphatic rings. The van der Waals surface area contributed by atoms with Gasteiger partial charge in [0.25, 0.3) is 11.8 Å². The first-order valence-electron chi connectivity index (χ1n) is 7.73. The highest BCUT2D eigenvalue weighted by Crippen LogP contribution is 2.30. The number of carbonyl (C=O) groups excluding carboxylic acids is 3. The first-order chi connectivity index (χ1) is 12.4. The average molecular weight is 418 g/mol. The van der Waals surface area contributed by atoms with Gasteiger partial charge in [0.2, 0.25) is 0 Å². The van der Waals surface area contributed by atoms with Gasteiger partial charge in [-0.25, -0.2) is 4.79 Å². The van der Waals surface area contributed by atoms with Crippen LogP contribution >= 0.6 is 15.9 Å². The predicted molar refractivity (Wildman–Crippen MR) is 97.3 cm³/mol. The van der Waals surface area contributed by atoms with Crippen LogP contribution in [0.15, 0.2) is 53.0 Å². The van der Waals surface area contributed by atoms with E-state index in [9.17, 15) is 14.4 Å². The molecule has 1 fully saturated rings. The van der Waals surface area contributed by atoms with E-state index in [0.717, 1.165) is 0 Å². The third kappa shape index (κ3) is 3.03. The molecule has 1 heterocycles. The number of halogens is 1. The largest absolute Gasteiger partial charge is 0.497 e. The van der Waals surface area contributed by atoms with Gasteiger partial charge in [0.1, 0.15) is 11.3 Å². The van der Waals surface area contributed by atoms with Crippen molar-refractivity contribution in [3.8, 4) is 5.75 Å². The van der Waals surface area contributed by atoms with E-state index in [4.69, 9.17) is 4.74 Å². The zero-order valence-electron chi connectivity index (χ0n) is 14.1. The van der Waals surface area contributed by atoms with Crippen molar-refractivity contribution in [2.75, 3.05) is 7.11 Å². The molecule has 1 saturated heterocycles. The predicted octanol–water partition coefficient (Wildman–Crippen LogP) is 2.57. The summed E-state index contributed by atoms with van der Waals surface area (Å²) < 4.78 is 5.73. The van der Waals surface area contributed by atoms with Crippen LogP contribution < -0.4 is 15.5 Å². The summed E-state index contributed by atoms with van der Waals surface area (Å²) in [5, 5.41) is 3.32. The molecule has 0 radical (unpaired) electrons. The molecule has 2 aromatic carbocycles. The van der Waals surface area contributed by atoms with Gasteiger partial charge in [-0.2, -0.15) is 5.01 Å². The van der Waals surface area contributed by atoms with Crippen LogP contribution in [0.5, 0.6) is 5.75 Å². The maximum Gasteiger partial charge on any atom is 0.344 e. The Labute approximate surface area is 158 Å². The van der Waals surface area contributed by atoms with Crippen molar-refractivity contribution < 1.29 is 19.1 Å². The number of benzene rings is 2. The van der Waals surface area contributed by atoms with Crippen LogP contribution in [0.2, 0.25) is 0 Å². The average Bonchev–Trinajstić information content (AvgIpc) is 2.86. The van der Waals surface area contributed by atoms with Crippen LogP contribution in [-0.2, 0) is 10.3 Å². The molecule has 26 heavy (non-hydrogen) atoms. The lowest BCUT2D eigenvalue weighted by atomic mass is 9.92. The molecule has 1 aliphatic heterocycles. The summed E-state index contributed by atoms with van der Waals surface area (Å²) in [7, 11) is 1.51. The molecule has 0 spiro atoms. The van der Waals surface area contributed by atoms with E-state index in [-0.39, 0.29) is 0 Å². The normalized spacial score (nSPS) is 19.3. The lowest BCUT2D eigenvalue weighted by molar-refractivity contribution is -0.132. The first-order valence-corrected chi connectivity index (χ1v) is 8.53. The van der Waals surface area contributed by atoms with Gasteiger partial charge in [0, 0.05) is 4.47 Å². The van der Waals surface area contributed by atoms with Crippen LogP contribution in [0.4, 0.5) is 4.79 Å². The summed E-state index contributed by atoms with van der Waals surface area (Å²) in [5.41, 5.74) is 1.91. The number of hydrazine groups is 1. The Morgan fingerprint density at radius 3 is 2.62 bits per heavy atom.